The number of amides is 1. The first-order valence-electron chi connectivity index (χ1n) is 7.08. The second kappa shape index (κ2) is 8.22. The van der Waals surface area contributed by atoms with E-state index in [0.29, 0.717) is 18.5 Å². The Kier molecular flexibility index (Phi) is 6.02. The number of benzene rings is 2. The molecule has 122 valence electrons. The molecule has 2 aromatic rings. The maximum Gasteiger partial charge on any atom is 0.387 e. The van der Waals surface area contributed by atoms with Gasteiger partial charge in [-0.05, 0) is 41.8 Å². The molecule has 0 unspecified atom stereocenters. The van der Waals surface area contributed by atoms with Gasteiger partial charge in [-0.3, -0.25) is 4.79 Å². The normalized spacial score (nSPS) is 10.6. The lowest BCUT2D eigenvalue weighted by Crippen LogP contribution is -2.27. The molecule has 0 radical (unpaired) electrons. The Morgan fingerprint density at radius 2 is 1.61 bits per heavy atom. The van der Waals surface area contributed by atoms with E-state index < -0.39 is 6.61 Å². The van der Waals surface area contributed by atoms with Gasteiger partial charge in [0.25, 0.3) is 0 Å². The molecule has 2 aromatic carbocycles. The number of hydrogen-bond acceptors (Lipinski definition) is 2. The van der Waals surface area contributed by atoms with Crippen molar-refractivity contribution in [2.45, 2.75) is 19.5 Å². The second-order valence-corrected chi connectivity index (χ2v) is 4.93. The van der Waals surface area contributed by atoms with Crippen LogP contribution in [0.25, 0.3) is 0 Å². The molecule has 0 bridgehead atoms. The predicted octanol–water partition coefficient (Wildman–Crippen LogP) is 3.33. The molecule has 0 aliphatic rings. The molecule has 0 aromatic heterocycles. The Labute approximate surface area is 132 Å². The molecule has 1 N–H and O–H groups in total. The quantitative estimate of drug-likeness (QED) is 0.849. The molecule has 0 saturated heterocycles. The first-order chi connectivity index (χ1) is 11.0. The first kappa shape index (κ1) is 16.9. The fraction of sp³-hybridized carbons (Fsp3) is 0.235. The highest BCUT2D eigenvalue weighted by molar-refractivity contribution is 5.78. The van der Waals surface area contributed by atoms with Crippen LogP contribution < -0.4 is 10.1 Å². The fourth-order valence-electron chi connectivity index (χ4n) is 2.03. The summed E-state index contributed by atoms with van der Waals surface area (Å²) in [5.41, 5.74) is 1.63. The van der Waals surface area contributed by atoms with Gasteiger partial charge < -0.3 is 10.1 Å². The Hall–Kier alpha value is -2.50. The van der Waals surface area contributed by atoms with Crippen LogP contribution in [-0.4, -0.2) is 19.1 Å². The van der Waals surface area contributed by atoms with Gasteiger partial charge in [0.2, 0.25) is 5.91 Å². The molecule has 0 fully saturated rings. The van der Waals surface area contributed by atoms with Gasteiger partial charge in [0.15, 0.2) is 0 Å². The zero-order chi connectivity index (χ0) is 16.7. The third-order valence-corrected chi connectivity index (χ3v) is 3.16. The summed E-state index contributed by atoms with van der Waals surface area (Å²) < 4.78 is 41.0. The van der Waals surface area contributed by atoms with Crippen LogP contribution in [0.2, 0.25) is 0 Å². The van der Waals surface area contributed by atoms with E-state index in [0.717, 1.165) is 5.56 Å². The summed E-state index contributed by atoms with van der Waals surface area (Å²) >= 11 is 0. The van der Waals surface area contributed by atoms with E-state index in [1.807, 2.05) is 0 Å². The van der Waals surface area contributed by atoms with Crippen LogP contribution in [0.4, 0.5) is 13.2 Å². The number of hydrogen-bond donors (Lipinski definition) is 1. The SMILES string of the molecule is O=C(Cc1ccc(OC(F)F)cc1)NCCc1ccc(F)cc1. The molecule has 1 amide bonds. The van der Waals surface area contributed by atoms with E-state index in [-0.39, 0.29) is 23.9 Å². The first-order valence-corrected chi connectivity index (χ1v) is 7.08. The molecule has 0 atom stereocenters. The number of nitrogens with one attached hydrogen (secondary N) is 1. The third-order valence-electron chi connectivity index (χ3n) is 3.16. The van der Waals surface area contributed by atoms with Crippen LogP contribution in [0.5, 0.6) is 5.75 Å². The van der Waals surface area contributed by atoms with Crippen LogP contribution in [0, 0.1) is 5.82 Å². The smallest absolute Gasteiger partial charge is 0.387 e. The van der Waals surface area contributed by atoms with Gasteiger partial charge in [0, 0.05) is 6.54 Å². The van der Waals surface area contributed by atoms with Gasteiger partial charge in [0.05, 0.1) is 6.42 Å². The fourth-order valence-corrected chi connectivity index (χ4v) is 2.03. The number of alkyl halides is 2. The van der Waals surface area contributed by atoms with E-state index >= 15 is 0 Å². The topological polar surface area (TPSA) is 38.3 Å². The Morgan fingerprint density at radius 1 is 1.00 bits per heavy atom. The van der Waals surface area contributed by atoms with Gasteiger partial charge in [-0.1, -0.05) is 24.3 Å². The number of carbonyl (C=O) groups is 1. The lowest BCUT2D eigenvalue weighted by Gasteiger charge is -2.07. The zero-order valence-corrected chi connectivity index (χ0v) is 12.3. The van der Waals surface area contributed by atoms with Crippen molar-refractivity contribution in [2.75, 3.05) is 6.54 Å². The second-order valence-electron chi connectivity index (χ2n) is 4.93. The molecule has 3 nitrogen and oxygen atoms in total. The van der Waals surface area contributed by atoms with Crippen LogP contribution >= 0.6 is 0 Å². The molecule has 0 aliphatic heterocycles. The van der Waals surface area contributed by atoms with Crippen molar-refractivity contribution in [2.24, 2.45) is 0 Å². The van der Waals surface area contributed by atoms with Crippen LogP contribution in [0.1, 0.15) is 11.1 Å². The summed E-state index contributed by atoms with van der Waals surface area (Å²) in [6, 6.07) is 12.0. The molecule has 0 aliphatic carbocycles. The molecule has 2 rings (SSSR count). The number of halogens is 3. The van der Waals surface area contributed by atoms with Crippen LogP contribution in [-0.2, 0) is 17.6 Å². The maximum absolute atomic E-state index is 12.8. The van der Waals surface area contributed by atoms with E-state index in [9.17, 15) is 18.0 Å². The summed E-state index contributed by atoms with van der Waals surface area (Å²) in [5, 5.41) is 2.76. The van der Waals surface area contributed by atoms with Crippen molar-refractivity contribution in [3.05, 3.63) is 65.5 Å². The summed E-state index contributed by atoms with van der Waals surface area (Å²) in [6.45, 7) is -2.42. The minimum Gasteiger partial charge on any atom is -0.435 e. The minimum absolute atomic E-state index is 0.0560. The maximum atomic E-state index is 12.8. The number of carbonyl (C=O) groups excluding carboxylic acids is 1. The highest BCUT2D eigenvalue weighted by Gasteiger charge is 2.06. The van der Waals surface area contributed by atoms with Gasteiger partial charge in [-0.15, -0.1) is 0 Å². The van der Waals surface area contributed by atoms with Crippen molar-refractivity contribution >= 4 is 5.91 Å². The number of rotatable bonds is 7. The van der Waals surface area contributed by atoms with E-state index in [1.165, 1.54) is 24.3 Å². The van der Waals surface area contributed by atoms with Crippen LogP contribution in [0.15, 0.2) is 48.5 Å². The molecule has 0 spiro atoms. The van der Waals surface area contributed by atoms with Crippen molar-refractivity contribution in [1.29, 1.82) is 0 Å². The van der Waals surface area contributed by atoms with Crippen molar-refractivity contribution in [3.8, 4) is 5.75 Å². The average Bonchev–Trinajstić information content (AvgIpc) is 2.51. The van der Waals surface area contributed by atoms with E-state index in [2.05, 4.69) is 10.1 Å². The summed E-state index contributed by atoms with van der Waals surface area (Å²) in [5.74, 6) is -0.410. The van der Waals surface area contributed by atoms with Crippen molar-refractivity contribution in [3.63, 3.8) is 0 Å². The molecule has 0 saturated carbocycles. The lowest BCUT2D eigenvalue weighted by atomic mass is 10.1. The monoisotopic (exact) mass is 323 g/mol. The van der Waals surface area contributed by atoms with Crippen LogP contribution in [0.3, 0.4) is 0 Å². The predicted molar refractivity (Wildman–Crippen MR) is 79.9 cm³/mol. The molecule has 0 heterocycles. The Balaban J connectivity index is 1.75. The molecular formula is C17H16F3NO2. The zero-order valence-electron chi connectivity index (χ0n) is 12.3. The Bertz CT molecular complexity index is 627. The Morgan fingerprint density at radius 3 is 2.22 bits per heavy atom. The van der Waals surface area contributed by atoms with Gasteiger partial charge in [0.1, 0.15) is 11.6 Å². The molecular weight excluding hydrogens is 307 g/mol. The average molecular weight is 323 g/mol. The molecule has 23 heavy (non-hydrogen) atoms. The minimum atomic E-state index is -2.87. The highest BCUT2D eigenvalue weighted by Crippen LogP contribution is 2.15. The third kappa shape index (κ3) is 6.02. The molecule has 6 heteroatoms. The van der Waals surface area contributed by atoms with Gasteiger partial charge in [-0.2, -0.15) is 8.78 Å². The number of ether oxygens (including phenoxy) is 1. The van der Waals surface area contributed by atoms with Gasteiger partial charge in [-0.25, -0.2) is 4.39 Å². The lowest BCUT2D eigenvalue weighted by molar-refractivity contribution is -0.120. The highest BCUT2D eigenvalue weighted by atomic mass is 19.3. The van der Waals surface area contributed by atoms with E-state index in [1.54, 1.807) is 24.3 Å². The summed E-state index contributed by atoms with van der Waals surface area (Å²) in [4.78, 5) is 11.8. The standard InChI is InChI=1S/C17H16F3NO2/c18-14-5-1-12(2-6-14)9-10-21-16(22)11-13-3-7-15(8-4-13)23-17(19)20/h1-8,17H,9-11H2,(H,21,22). The summed E-state index contributed by atoms with van der Waals surface area (Å²) in [7, 11) is 0. The van der Waals surface area contributed by atoms with Crippen molar-refractivity contribution < 1.29 is 22.7 Å². The van der Waals surface area contributed by atoms with E-state index in [4.69, 9.17) is 0 Å². The largest absolute Gasteiger partial charge is 0.435 e. The summed E-state index contributed by atoms with van der Waals surface area (Å²) in [6.07, 6.45) is 0.756. The van der Waals surface area contributed by atoms with Crippen molar-refractivity contribution in [1.82, 2.24) is 5.32 Å². The van der Waals surface area contributed by atoms with Gasteiger partial charge >= 0.3 is 6.61 Å².